The molecule has 1 aliphatic rings. The molecule has 0 aromatic rings. The Bertz CT molecular complexity index is 1000. The lowest BCUT2D eigenvalue weighted by Crippen LogP contribution is -2.75. The van der Waals surface area contributed by atoms with Crippen molar-refractivity contribution in [2.24, 2.45) is 5.92 Å². The van der Waals surface area contributed by atoms with E-state index in [0.29, 0.717) is 16.7 Å². The highest BCUT2D eigenvalue weighted by molar-refractivity contribution is 7.97. The van der Waals surface area contributed by atoms with Crippen molar-refractivity contribution in [2.75, 3.05) is 17.3 Å². The van der Waals surface area contributed by atoms with Gasteiger partial charge in [0.15, 0.2) is 21.7 Å². The first-order valence-corrected chi connectivity index (χ1v) is 13.2. The van der Waals surface area contributed by atoms with Crippen LogP contribution in [0.1, 0.15) is 26.7 Å². The maximum absolute atomic E-state index is 13.0. The summed E-state index contributed by atoms with van der Waals surface area (Å²) in [5.74, 6) is -47.9. The highest BCUT2D eigenvalue weighted by atomic mass is 32.2. The van der Waals surface area contributed by atoms with Crippen molar-refractivity contribution in [1.82, 2.24) is 0 Å². The van der Waals surface area contributed by atoms with Crippen molar-refractivity contribution >= 4 is 26.8 Å². The van der Waals surface area contributed by atoms with Crippen molar-refractivity contribution in [3.8, 4) is 0 Å². The minimum atomic E-state index is -8.92. The smallest absolute Gasteiger partial charge is 0.460 e. The molecule has 40 heavy (non-hydrogen) atoms. The zero-order chi connectivity index (χ0) is 32.8. The van der Waals surface area contributed by atoms with E-state index in [-0.39, 0.29) is 5.92 Å². The van der Waals surface area contributed by atoms with E-state index in [4.69, 9.17) is 0 Å². The van der Waals surface area contributed by atoms with E-state index in [1.54, 1.807) is 0 Å². The molecule has 0 aliphatic carbocycles. The highest BCUT2D eigenvalue weighted by Gasteiger charge is 2.95. The molecule has 1 fully saturated rings. The van der Waals surface area contributed by atoms with Crippen LogP contribution in [0.3, 0.4) is 0 Å². The average molecular weight is 672 g/mol. The zero-order valence-corrected chi connectivity index (χ0v) is 21.1. The fraction of sp³-hybridized carbons (Fsp3) is 0.941. The molecule has 0 saturated carbocycles. The van der Waals surface area contributed by atoms with E-state index in [9.17, 15) is 92.4 Å². The molecule has 0 bridgehead atoms. The third-order valence-corrected chi connectivity index (χ3v) is 8.42. The summed E-state index contributed by atoms with van der Waals surface area (Å²) in [4.78, 5) is 11.3. The summed E-state index contributed by atoms with van der Waals surface area (Å²) < 4.78 is 244. The third kappa shape index (κ3) is 6.38. The molecule has 0 aromatic carbocycles. The van der Waals surface area contributed by atoms with Crippen LogP contribution in [0.25, 0.3) is 0 Å². The number of carbonyl (C=O) groups is 1. The summed E-state index contributed by atoms with van der Waals surface area (Å²) in [6, 6.07) is 0. The van der Waals surface area contributed by atoms with Gasteiger partial charge in [0.05, 0.1) is 0 Å². The fourth-order valence-electron chi connectivity index (χ4n) is 2.53. The van der Waals surface area contributed by atoms with Crippen LogP contribution < -0.4 is 0 Å². The van der Waals surface area contributed by atoms with E-state index in [1.165, 1.54) is 24.3 Å². The van der Waals surface area contributed by atoms with Crippen LogP contribution in [0, 0.1) is 5.92 Å². The number of hydrogen-bond acceptors (Lipinski definition) is 4. The van der Waals surface area contributed by atoms with Gasteiger partial charge in [-0.3, -0.25) is 4.79 Å². The van der Waals surface area contributed by atoms with E-state index in [1.807, 2.05) is 13.8 Å². The minimum absolute atomic E-state index is 0.253. The van der Waals surface area contributed by atoms with E-state index >= 15 is 0 Å². The Kier molecular flexibility index (Phi) is 11.1. The Hall–Kier alpha value is -1.26. The monoisotopic (exact) mass is 672 g/mol. The summed E-state index contributed by atoms with van der Waals surface area (Å²) in [5, 5.41) is -7.95. The number of rotatable bonds is 10. The molecule has 1 rings (SSSR count). The molecule has 23 heteroatoms. The number of hydrogen-bond donors (Lipinski definition) is 0. The van der Waals surface area contributed by atoms with Crippen molar-refractivity contribution in [1.29, 1.82) is 0 Å². The van der Waals surface area contributed by atoms with Gasteiger partial charge in [-0.05, 0) is 23.7 Å². The summed E-state index contributed by atoms with van der Waals surface area (Å²) in [6.07, 6.45) is -5.18. The topological polar surface area (TPSA) is 74.3 Å². The SMILES string of the molecule is CC(C)C(=O)C[S+]1CCCC1.O=S(=O)([O-])C(F)(F)C(F)(F)C(F)(F)C(F)(F)C(F)(F)C(F)(F)C(F)(F)C(F)(F)F. The molecule has 0 amide bonds. The molecule has 0 radical (unpaired) electrons. The van der Waals surface area contributed by atoms with Crippen LogP contribution in [-0.4, -0.2) is 83.0 Å². The van der Waals surface area contributed by atoms with Crippen LogP contribution in [0.4, 0.5) is 74.6 Å². The van der Waals surface area contributed by atoms with Gasteiger partial charge in [0.1, 0.15) is 11.5 Å². The first-order valence-electron chi connectivity index (χ1n) is 10.0. The summed E-state index contributed by atoms with van der Waals surface area (Å²) in [6.45, 7) is 4.00. The summed E-state index contributed by atoms with van der Waals surface area (Å²) >= 11 is 0. The number of ketones is 1. The standard InChI is InChI=1S/C9H17OS.C8HF17O3S/c1-8(2)9(10)7-11-5-3-4-6-11;9-1(10,3(13,14)5(17,18)7(21,22)23)2(11,12)4(15,16)6(19,20)8(24,25)29(26,27)28/h8H,3-7H2,1-2H3;(H,26,27,28)/q+1;/p-1. The molecule has 0 spiro atoms. The van der Waals surface area contributed by atoms with E-state index < -0.39 is 57.1 Å². The molecule has 1 heterocycles. The molecule has 1 aliphatic heterocycles. The summed E-state index contributed by atoms with van der Waals surface area (Å²) in [7, 11) is -7.67. The van der Waals surface area contributed by atoms with Crippen molar-refractivity contribution in [3.05, 3.63) is 0 Å². The number of carbonyl (C=O) groups excluding carboxylic acids is 1. The third-order valence-electron chi connectivity index (χ3n) is 5.11. The second-order valence-corrected chi connectivity index (χ2v) is 12.2. The van der Waals surface area contributed by atoms with Crippen LogP contribution >= 0.6 is 0 Å². The van der Waals surface area contributed by atoms with Gasteiger partial charge in [-0.1, -0.05) is 13.8 Å². The molecule has 1 saturated heterocycles. The Morgan fingerprint density at radius 1 is 0.650 bits per heavy atom. The van der Waals surface area contributed by atoms with Crippen LogP contribution in [0.2, 0.25) is 0 Å². The average Bonchev–Trinajstić information content (AvgIpc) is 3.24. The van der Waals surface area contributed by atoms with Gasteiger partial charge >= 0.3 is 47.0 Å². The second-order valence-electron chi connectivity index (χ2n) is 8.41. The molecule has 0 N–H and O–H groups in total. The lowest BCUT2D eigenvalue weighted by Gasteiger charge is -2.42. The lowest BCUT2D eigenvalue weighted by molar-refractivity contribution is -0.458. The van der Waals surface area contributed by atoms with Crippen LogP contribution in [0.15, 0.2) is 0 Å². The Morgan fingerprint density at radius 2 is 0.950 bits per heavy atom. The molecule has 0 aromatic heterocycles. The molecular weight excluding hydrogens is 655 g/mol. The fourth-order valence-corrected chi connectivity index (χ4v) is 5.43. The Labute approximate surface area is 216 Å². The summed E-state index contributed by atoms with van der Waals surface area (Å²) in [5.41, 5.74) is 0. The van der Waals surface area contributed by atoms with Crippen molar-refractivity contribution in [3.63, 3.8) is 0 Å². The molecule has 0 unspecified atom stereocenters. The van der Waals surface area contributed by atoms with E-state index in [0.717, 1.165) is 5.75 Å². The second kappa shape index (κ2) is 11.4. The van der Waals surface area contributed by atoms with Gasteiger partial charge in [0.2, 0.25) is 0 Å². The minimum Gasteiger partial charge on any atom is -0.743 e. The van der Waals surface area contributed by atoms with Gasteiger partial charge in [-0.25, -0.2) is 8.42 Å². The van der Waals surface area contributed by atoms with Crippen molar-refractivity contribution in [2.45, 2.75) is 73.7 Å². The van der Waals surface area contributed by atoms with Crippen molar-refractivity contribution < 1.29 is 92.4 Å². The number of Topliss-reactive ketones (excluding diaryl/α,β-unsaturated/α-hetero) is 1. The normalized spacial score (nSPS) is 17.6. The number of halogens is 17. The Balaban J connectivity index is 0.00000114. The van der Waals surface area contributed by atoms with Crippen LogP contribution in [-0.2, 0) is 25.8 Å². The van der Waals surface area contributed by atoms with Gasteiger partial charge in [-0.15, -0.1) is 0 Å². The Morgan fingerprint density at radius 3 is 1.23 bits per heavy atom. The largest absolute Gasteiger partial charge is 0.743 e. The van der Waals surface area contributed by atoms with Gasteiger partial charge < -0.3 is 4.55 Å². The number of alkyl halides is 17. The predicted molar refractivity (Wildman–Crippen MR) is 101 cm³/mol. The maximum Gasteiger partial charge on any atom is 0.460 e. The van der Waals surface area contributed by atoms with Gasteiger partial charge in [0.25, 0.3) is 0 Å². The van der Waals surface area contributed by atoms with E-state index in [2.05, 4.69) is 0 Å². The zero-order valence-electron chi connectivity index (χ0n) is 19.5. The first kappa shape index (κ1) is 38.7. The quantitative estimate of drug-likeness (QED) is 0.159. The predicted octanol–water partition coefficient (Wildman–Crippen LogP) is 6.12. The van der Waals surface area contributed by atoms with Gasteiger partial charge in [0, 0.05) is 5.92 Å². The molecule has 240 valence electrons. The molecular formula is C17H17F17O4S2. The van der Waals surface area contributed by atoms with Gasteiger partial charge in [-0.2, -0.15) is 74.6 Å². The highest BCUT2D eigenvalue weighted by Crippen LogP contribution is 2.64. The van der Waals surface area contributed by atoms with Crippen LogP contribution in [0.5, 0.6) is 0 Å². The maximum atomic E-state index is 13.0. The molecule has 0 atom stereocenters. The lowest BCUT2D eigenvalue weighted by atomic mass is 9.91. The molecule has 4 nitrogen and oxygen atoms in total. The first-order chi connectivity index (χ1) is 17.2.